The maximum atomic E-state index is 5.81. The van der Waals surface area contributed by atoms with Crippen LogP contribution < -0.4 is 10.1 Å². The Morgan fingerprint density at radius 2 is 1.76 bits per heavy atom. The molecule has 0 unspecified atom stereocenters. The summed E-state index contributed by atoms with van der Waals surface area (Å²) in [5, 5.41) is 3.35. The van der Waals surface area contributed by atoms with Gasteiger partial charge in [-0.15, -0.1) is 0 Å². The first-order valence-corrected chi connectivity index (χ1v) is 9.08. The van der Waals surface area contributed by atoms with Crippen LogP contribution in [0.25, 0.3) is 0 Å². The molecule has 1 aliphatic carbocycles. The average molecular weight is 308 g/mol. The highest BCUT2D eigenvalue weighted by atomic mass is 32.1. The Morgan fingerprint density at radius 1 is 1.00 bits per heavy atom. The second kappa shape index (κ2) is 10.1. The minimum Gasteiger partial charge on any atom is -0.494 e. The lowest BCUT2D eigenvalue weighted by Crippen LogP contribution is -2.18. The number of nitrogens with one attached hydrogen (secondary N) is 1. The van der Waals surface area contributed by atoms with Crippen molar-refractivity contribution < 1.29 is 4.74 Å². The van der Waals surface area contributed by atoms with Gasteiger partial charge in [0.05, 0.1) is 6.61 Å². The maximum Gasteiger partial charge on any atom is 0.119 e. The van der Waals surface area contributed by atoms with E-state index in [2.05, 4.69) is 42.2 Å². The molecule has 2 nitrogen and oxygen atoms in total. The molecule has 1 aliphatic rings. The third-order valence-electron chi connectivity index (χ3n) is 4.26. The van der Waals surface area contributed by atoms with E-state index in [0.717, 1.165) is 50.0 Å². The summed E-state index contributed by atoms with van der Waals surface area (Å²) in [6, 6.07) is 8.81. The monoisotopic (exact) mass is 307 g/mol. The zero-order valence-corrected chi connectivity index (χ0v) is 13.9. The van der Waals surface area contributed by atoms with Gasteiger partial charge in [0.2, 0.25) is 0 Å². The number of benzene rings is 1. The highest BCUT2D eigenvalue weighted by Gasteiger charge is 2.15. The van der Waals surface area contributed by atoms with Gasteiger partial charge in [0.25, 0.3) is 0 Å². The van der Waals surface area contributed by atoms with Gasteiger partial charge < -0.3 is 10.1 Å². The topological polar surface area (TPSA) is 21.3 Å². The Balaban J connectivity index is 1.63. The summed E-state index contributed by atoms with van der Waals surface area (Å²) < 4.78 is 5.81. The largest absolute Gasteiger partial charge is 0.494 e. The van der Waals surface area contributed by atoms with Gasteiger partial charge in [-0.05, 0) is 55.8 Å². The van der Waals surface area contributed by atoms with E-state index < -0.39 is 0 Å². The van der Waals surface area contributed by atoms with Crippen LogP contribution in [0.15, 0.2) is 24.3 Å². The van der Waals surface area contributed by atoms with Crippen molar-refractivity contribution in [2.75, 3.05) is 25.4 Å². The second-order valence-corrected chi connectivity index (χ2v) is 6.38. The zero-order valence-electron chi connectivity index (χ0n) is 13.0. The molecule has 118 valence electrons. The summed E-state index contributed by atoms with van der Waals surface area (Å²) in [4.78, 5) is 0. The average Bonchev–Trinajstić information content (AvgIpc) is 2.55. The standard InChI is InChI=1S/C18H29NOS/c21-15-13-19-12-4-5-14-20-18-10-8-17(9-11-18)16-6-2-1-3-7-16/h8-11,16,19,21H,1-7,12-15H2. The van der Waals surface area contributed by atoms with E-state index >= 15 is 0 Å². The number of thiol groups is 1. The SMILES string of the molecule is SCCNCCCCOc1ccc(C2CCCCC2)cc1. The van der Waals surface area contributed by atoms with E-state index in [4.69, 9.17) is 4.74 Å². The smallest absolute Gasteiger partial charge is 0.119 e. The molecule has 21 heavy (non-hydrogen) atoms. The second-order valence-electron chi connectivity index (χ2n) is 5.93. The van der Waals surface area contributed by atoms with Gasteiger partial charge >= 0.3 is 0 Å². The van der Waals surface area contributed by atoms with Crippen molar-refractivity contribution in [3.05, 3.63) is 29.8 Å². The highest BCUT2D eigenvalue weighted by molar-refractivity contribution is 7.80. The maximum absolute atomic E-state index is 5.81. The molecule has 3 heteroatoms. The number of ether oxygens (including phenoxy) is 1. The molecule has 0 saturated heterocycles. The van der Waals surface area contributed by atoms with Crippen LogP contribution in [0.4, 0.5) is 0 Å². The van der Waals surface area contributed by atoms with Gasteiger partial charge in [-0.1, -0.05) is 31.4 Å². The minimum absolute atomic E-state index is 0.783. The van der Waals surface area contributed by atoms with Gasteiger partial charge in [0.15, 0.2) is 0 Å². The first kappa shape index (κ1) is 16.7. The Morgan fingerprint density at radius 3 is 2.48 bits per heavy atom. The Bertz CT molecular complexity index is 373. The molecule has 0 aliphatic heterocycles. The van der Waals surface area contributed by atoms with E-state index in [0.29, 0.717) is 0 Å². The fraction of sp³-hybridized carbons (Fsp3) is 0.667. The van der Waals surface area contributed by atoms with Gasteiger partial charge in [-0.25, -0.2) is 0 Å². The molecule has 0 aromatic heterocycles. The molecule has 0 atom stereocenters. The first-order valence-electron chi connectivity index (χ1n) is 8.44. The fourth-order valence-electron chi connectivity index (χ4n) is 3.02. The lowest BCUT2D eigenvalue weighted by molar-refractivity contribution is 0.306. The van der Waals surface area contributed by atoms with Crippen molar-refractivity contribution in [3.8, 4) is 5.75 Å². The predicted octanol–water partition coefficient (Wildman–Crippen LogP) is 4.41. The molecule has 0 heterocycles. The summed E-state index contributed by atoms with van der Waals surface area (Å²) >= 11 is 4.17. The van der Waals surface area contributed by atoms with Crippen molar-refractivity contribution in [2.45, 2.75) is 50.9 Å². The molecule has 1 aromatic carbocycles. The lowest BCUT2D eigenvalue weighted by atomic mass is 9.84. The number of hydrogen-bond donors (Lipinski definition) is 2. The van der Waals surface area contributed by atoms with Gasteiger partial charge in [-0.3, -0.25) is 0 Å². The Kier molecular flexibility index (Phi) is 8.05. The number of hydrogen-bond acceptors (Lipinski definition) is 3. The summed E-state index contributed by atoms with van der Waals surface area (Å²) in [6.45, 7) is 2.86. The van der Waals surface area contributed by atoms with Gasteiger partial charge in [0, 0.05) is 12.3 Å². The molecule has 1 saturated carbocycles. The zero-order chi connectivity index (χ0) is 14.8. The van der Waals surface area contributed by atoms with Crippen LogP contribution in [0.2, 0.25) is 0 Å². The van der Waals surface area contributed by atoms with Crippen molar-refractivity contribution >= 4 is 12.6 Å². The molecule has 1 fully saturated rings. The molecule has 1 aromatic rings. The van der Waals surface area contributed by atoms with Crippen molar-refractivity contribution in [3.63, 3.8) is 0 Å². The third kappa shape index (κ3) is 6.31. The van der Waals surface area contributed by atoms with E-state index in [-0.39, 0.29) is 0 Å². The quantitative estimate of drug-likeness (QED) is 0.521. The minimum atomic E-state index is 0.783. The summed E-state index contributed by atoms with van der Waals surface area (Å²) in [7, 11) is 0. The van der Waals surface area contributed by atoms with Crippen LogP contribution >= 0.6 is 12.6 Å². The van der Waals surface area contributed by atoms with Gasteiger partial charge in [0.1, 0.15) is 5.75 Å². The van der Waals surface area contributed by atoms with Crippen LogP contribution in [0.5, 0.6) is 5.75 Å². The lowest BCUT2D eigenvalue weighted by Gasteiger charge is -2.22. The van der Waals surface area contributed by atoms with Crippen LogP contribution in [-0.2, 0) is 0 Å². The molecule has 0 spiro atoms. The van der Waals surface area contributed by atoms with Gasteiger partial charge in [-0.2, -0.15) is 12.6 Å². The van der Waals surface area contributed by atoms with Crippen LogP contribution in [-0.4, -0.2) is 25.4 Å². The third-order valence-corrected chi connectivity index (χ3v) is 4.49. The Hall–Kier alpha value is -0.670. The number of unbranched alkanes of at least 4 members (excludes halogenated alkanes) is 1. The van der Waals surface area contributed by atoms with E-state index in [1.54, 1.807) is 0 Å². The van der Waals surface area contributed by atoms with Crippen LogP contribution in [0, 0.1) is 0 Å². The van der Waals surface area contributed by atoms with E-state index in [1.165, 1.54) is 37.7 Å². The molecular formula is C18H29NOS. The normalized spacial score (nSPS) is 16.0. The van der Waals surface area contributed by atoms with E-state index in [9.17, 15) is 0 Å². The predicted molar refractivity (Wildman–Crippen MR) is 93.7 cm³/mol. The summed E-state index contributed by atoms with van der Waals surface area (Å²) in [6.07, 6.45) is 9.19. The molecule has 2 rings (SSSR count). The molecular weight excluding hydrogens is 278 g/mol. The van der Waals surface area contributed by atoms with Crippen molar-refractivity contribution in [1.29, 1.82) is 0 Å². The summed E-state index contributed by atoms with van der Waals surface area (Å²) in [5.41, 5.74) is 1.50. The highest BCUT2D eigenvalue weighted by Crippen LogP contribution is 2.33. The fourth-order valence-corrected chi connectivity index (χ4v) is 3.18. The van der Waals surface area contributed by atoms with Crippen molar-refractivity contribution in [2.24, 2.45) is 0 Å². The van der Waals surface area contributed by atoms with Crippen LogP contribution in [0.3, 0.4) is 0 Å². The molecule has 0 bridgehead atoms. The molecule has 1 N–H and O–H groups in total. The first-order chi connectivity index (χ1) is 10.4. The molecule has 0 amide bonds. The Labute approximate surface area is 135 Å². The number of rotatable bonds is 9. The van der Waals surface area contributed by atoms with E-state index in [1.807, 2.05) is 0 Å². The van der Waals surface area contributed by atoms with Crippen molar-refractivity contribution in [1.82, 2.24) is 5.32 Å². The summed E-state index contributed by atoms with van der Waals surface area (Å²) in [5.74, 6) is 2.70. The molecule has 0 radical (unpaired) electrons. The van der Waals surface area contributed by atoms with Crippen LogP contribution in [0.1, 0.15) is 56.4 Å².